The highest BCUT2D eigenvalue weighted by molar-refractivity contribution is 7.99. The quantitative estimate of drug-likeness (QED) is 0.659. The lowest BCUT2D eigenvalue weighted by molar-refractivity contribution is -0.125. The molecule has 128 valence electrons. The van der Waals surface area contributed by atoms with Crippen LogP contribution >= 0.6 is 11.8 Å². The number of nitrogens with zero attached hydrogens (tertiary/aromatic N) is 4. The fraction of sp³-hybridized carbons (Fsp3) is 0.167. The van der Waals surface area contributed by atoms with Crippen LogP contribution in [0.2, 0.25) is 0 Å². The smallest absolute Gasteiger partial charge is 0.232 e. The van der Waals surface area contributed by atoms with Crippen molar-refractivity contribution in [1.29, 1.82) is 0 Å². The van der Waals surface area contributed by atoms with Gasteiger partial charge in [0, 0.05) is 25.3 Å². The van der Waals surface area contributed by atoms with Gasteiger partial charge in [-0.25, -0.2) is 4.39 Å². The Labute approximate surface area is 149 Å². The fourth-order valence-electron chi connectivity index (χ4n) is 2.24. The Bertz CT molecular complexity index is 880. The maximum absolute atomic E-state index is 13.6. The summed E-state index contributed by atoms with van der Waals surface area (Å²) in [7, 11) is 3.42. The molecule has 1 amide bonds. The largest absolute Gasteiger partial charge is 0.348 e. The van der Waals surface area contributed by atoms with E-state index in [-0.39, 0.29) is 17.5 Å². The third-order valence-electron chi connectivity index (χ3n) is 3.55. The van der Waals surface area contributed by atoms with Gasteiger partial charge in [-0.2, -0.15) is 0 Å². The molecule has 3 aromatic rings. The molecule has 0 aliphatic heterocycles. The van der Waals surface area contributed by atoms with E-state index in [4.69, 9.17) is 0 Å². The van der Waals surface area contributed by atoms with Crippen LogP contribution in [0.5, 0.6) is 0 Å². The summed E-state index contributed by atoms with van der Waals surface area (Å²) < 4.78 is 15.5. The Kier molecular flexibility index (Phi) is 5.14. The van der Waals surface area contributed by atoms with Gasteiger partial charge in [-0.05, 0) is 24.3 Å². The predicted octanol–water partition coefficient (Wildman–Crippen LogP) is 3.25. The lowest BCUT2D eigenvalue weighted by atomic mass is 10.2. The third kappa shape index (κ3) is 3.88. The number of halogens is 1. The van der Waals surface area contributed by atoms with Crippen molar-refractivity contribution in [3.63, 3.8) is 0 Å². The summed E-state index contributed by atoms with van der Waals surface area (Å²) in [5.41, 5.74) is 1.48. The molecular formula is C18H17FN4OS. The SMILES string of the molecule is CN(C)C(=O)CSc1nnc(-c2cccc(F)c2)n1-c1ccccc1. The lowest BCUT2D eigenvalue weighted by Gasteiger charge is -2.12. The summed E-state index contributed by atoms with van der Waals surface area (Å²) in [6, 6.07) is 15.8. The van der Waals surface area contributed by atoms with Crippen LogP contribution in [0.4, 0.5) is 4.39 Å². The molecule has 0 aliphatic carbocycles. The molecule has 7 heteroatoms. The number of hydrogen-bond donors (Lipinski definition) is 0. The summed E-state index contributed by atoms with van der Waals surface area (Å²) in [6.45, 7) is 0. The van der Waals surface area contributed by atoms with Gasteiger partial charge in [0.25, 0.3) is 0 Å². The van der Waals surface area contributed by atoms with Gasteiger partial charge in [0.05, 0.1) is 5.75 Å². The van der Waals surface area contributed by atoms with E-state index in [2.05, 4.69) is 10.2 Å². The van der Waals surface area contributed by atoms with Crippen molar-refractivity contribution in [1.82, 2.24) is 19.7 Å². The van der Waals surface area contributed by atoms with Crippen molar-refractivity contribution in [2.75, 3.05) is 19.8 Å². The molecule has 5 nitrogen and oxygen atoms in total. The molecule has 0 N–H and O–H groups in total. The first kappa shape index (κ1) is 17.2. The van der Waals surface area contributed by atoms with E-state index in [1.807, 2.05) is 34.9 Å². The van der Waals surface area contributed by atoms with E-state index in [9.17, 15) is 9.18 Å². The normalized spacial score (nSPS) is 10.7. The van der Waals surface area contributed by atoms with Gasteiger partial charge >= 0.3 is 0 Å². The van der Waals surface area contributed by atoms with Crippen molar-refractivity contribution >= 4 is 17.7 Å². The van der Waals surface area contributed by atoms with Gasteiger partial charge in [0.1, 0.15) is 5.82 Å². The standard InChI is InChI=1S/C18H17FN4OS/c1-22(2)16(24)12-25-18-21-20-17(13-7-6-8-14(19)11-13)23(18)15-9-4-3-5-10-15/h3-11H,12H2,1-2H3. The van der Waals surface area contributed by atoms with Gasteiger partial charge in [-0.1, -0.05) is 42.1 Å². The zero-order valence-electron chi connectivity index (χ0n) is 13.9. The van der Waals surface area contributed by atoms with Gasteiger partial charge in [0.15, 0.2) is 11.0 Å². The van der Waals surface area contributed by atoms with Crippen LogP contribution in [0, 0.1) is 5.82 Å². The number of thioether (sulfide) groups is 1. The molecule has 1 aromatic heterocycles. The van der Waals surface area contributed by atoms with Crippen molar-refractivity contribution < 1.29 is 9.18 Å². The maximum Gasteiger partial charge on any atom is 0.232 e. The first-order chi connectivity index (χ1) is 12.1. The number of rotatable bonds is 5. The number of carbonyl (C=O) groups is 1. The molecule has 0 unspecified atom stereocenters. The minimum absolute atomic E-state index is 0.0140. The Morgan fingerprint density at radius 1 is 1.12 bits per heavy atom. The van der Waals surface area contributed by atoms with Crippen molar-refractivity contribution in [2.24, 2.45) is 0 Å². The van der Waals surface area contributed by atoms with E-state index in [1.165, 1.54) is 28.8 Å². The Morgan fingerprint density at radius 2 is 1.88 bits per heavy atom. The minimum Gasteiger partial charge on any atom is -0.348 e. The molecule has 0 bridgehead atoms. The molecular weight excluding hydrogens is 339 g/mol. The van der Waals surface area contributed by atoms with Crippen LogP contribution in [0.15, 0.2) is 59.8 Å². The van der Waals surface area contributed by atoms with Gasteiger partial charge in [-0.15, -0.1) is 10.2 Å². The Morgan fingerprint density at radius 3 is 2.56 bits per heavy atom. The van der Waals surface area contributed by atoms with E-state index in [0.29, 0.717) is 16.5 Å². The molecule has 0 radical (unpaired) electrons. The number of para-hydroxylation sites is 1. The van der Waals surface area contributed by atoms with Crippen LogP contribution in [-0.2, 0) is 4.79 Å². The van der Waals surface area contributed by atoms with E-state index in [1.54, 1.807) is 26.2 Å². The minimum atomic E-state index is -0.336. The number of carbonyl (C=O) groups excluding carboxylic acids is 1. The third-order valence-corrected chi connectivity index (χ3v) is 4.47. The van der Waals surface area contributed by atoms with Crippen LogP contribution in [-0.4, -0.2) is 45.4 Å². The number of amides is 1. The molecule has 1 heterocycles. The summed E-state index contributed by atoms with van der Waals surface area (Å²) in [6.07, 6.45) is 0. The maximum atomic E-state index is 13.6. The zero-order chi connectivity index (χ0) is 17.8. The Balaban J connectivity index is 2.03. The summed E-state index contributed by atoms with van der Waals surface area (Å²) in [5.74, 6) is 0.434. The highest BCUT2D eigenvalue weighted by atomic mass is 32.2. The van der Waals surface area contributed by atoms with Gasteiger partial charge in [0.2, 0.25) is 5.91 Å². The van der Waals surface area contributed by atoms with Crippen LogP contribution in [0.25, 0.3) is 17.1 Å². The molecule has 0 saturated heterocycles. The topological polar surface area (TPSA) is 51.0 Å². The second-order valence-corrected chi connectivity index (χ2v) is 6.51. The summed E-state index contributed by atoms with van der Waals surface area (Å²) in [5, 5.41) is 9.02. The number of hydrogen-bond acceptors (Lipinski definition) is 4. The first-order valence-corrected chi connectivity index (χ1v) is 8.64. The summed E-state index contributed by atoms with van der Waals surface area (Å²) in [4.78, 5) is 13.4. The van der Waals surface area contributed by atoms with Crippen LogP contribution in [0.1, 0.15) is 0 Å². The average Bonchev–Trinajstić information content (AvgIpc) is 3.04. The van der Waals surface area contributed by atoms with E-state index in [0.717, 1.165) is 5.69 Å². The van der Waals surface area contributed by atoms with Crippen LogP contribution < -0.4 is 0 Å². The van der Waals surface area contributed by atoms with Gasteiger partial charge in [-0.3, -0.25) is 9.36 Å². The van der Waals surface area contributed by atoms with Crippen molar-refractivity contribution in [3.8, 4) is 17.1 Å². The second kappa shape index (κ2) is 7.48. The molecule has 0 spiro atoms. The Hall–Kier alpha value is -2.67. The van der Waals surface area contributed by atoms with Gasteiger partial charge < -0.3 is 4.90 Å². The van der Waals surface area contributed by atoms with E-state index >= 15 is 0 Å². The van der Waals surface area contributed by atoms with Crippen LogP contribution in [0.3, 0.4) is 0 Å². The molecule has 0 aliphatic rings. The average molecular weight is 356 g/mol. The lowest BCUT2D eigenvalue weighted by Crippen LogP contribution is -2.23. The number of benzene rings is 2. The van der Waals surface area contributed by atoms with E-state index < -0.39 is 0 Å². The molecule has 0 fully saturated rings. The predicted molar refractivity (Wildman–Crippen MR) is 96.2 cm³/mol. The molecule has 25 heavy (non-hydrogen) atoms. The summed E-state index contributed by atoms with van der Waals surface area (Å²) >= 11 is 1.30. The van der Waals surface area contributed by atoms with Crippen molar-refractivity contribution in [3.05, 3.63) is 60.4 Å². The molecule has 0 saturated carbocycles. The number of aromatic nitrogens is 3. The first-order valence-electron chi connectivity index (χ1n) is 7.66. The monoisotopic (exact) mass is 356 g/mol. The van der Waals surface area contributed by atoms with Crippen molar-refractivity contribution in [2.45, 2.75) is 5.16 Å². The highest BCUT2D eigenvalue weighted by Gasteiger charge is 2.17. The second-order valence-electron chi connectivity index (χ2n) is 5.56. The zero-order valence-corrected chi connectivity index (χ0v) is 14.7. The molecule has 3 rings (SSSR count). The molecule has 0 atom stereocenters. The molecule has 2 aromatic carbocycles. The highest BCUT2D eigenvalue weighted by Crippen LogP contribution is 2.28. The fourth-order valence-corrected chi connectivity index (χ4v) is 3.17.